The number of likely N-dealkylation sites (N-methyl/N-ethyl adjacent to an activating group) is 1. The molecule has 0 aromatic carbocycles. The fourth-order valence-corrected chi connectivity index (χ4v) is 1.31. The summed E-state index contributed by atoms with van der Waals surface area (Å²) in [4.78, 5) is 24.7. The van der Waals surface area contributed by atoms with Crippen LogP contribution in [0.3, 0.4) is 0 Å². The second-order valence-corrected chi connectivity index (χ2v) is 3.76. The van der Waals surface area contributed by atoms with E-state index >= 15 is 0 Å². The number of ether oxygens (including phenoxy) is 1. The molecule has 0 unspecified atom stereocenters. The quantitative estimate of drug-likeness (QED) is 0.754. The van der Waals surface area contributed by atoms with Gasteiger partial charge in [-0.25, -0.2) is 4.79 Å². The third-order valence-corrected chi connectivity index (χ3v) is 2.46. The van der Waals surface area contributed by atoms with Gasteiger partial charge in [0.05, 0.1) is 12.3 Å². The van der Waals surface area contributed by atoms with Crippen LogP contribution in [0.25, 0.3) is 0 Å². The molecule has 0 radical (unpaired) electrons. The number of hydrogen-bond acceptors (Lipinski definition) is 5. The van der Waals surface area contributed by atoms with E-state index in [1.165, 1.54) is 10.9 Å². The van der Waals surface area contributed by atoms with Gasteiger partial charge in [-0.05, 0) is 13.8 Å². The predicted octanol–water partition coefficient (Wildman–Crippen LogP) is 0.120. The van der Waals surface area contributed by atoms with Crippen LogP contribution in [0.5, 0.6) is 0 Å². The van der Waals surface area contributed by atoms with Crippen LogP contribution < -0.4 is 5.73 Å². The zero-order valence-electron chi connectivity index (χ0n) is 10.8. The first-order valence-corrected chi connectivity index (χ1v) is 5.73. The summed E-state index contributed by atoms with van der Waals surface area (Å²) in [6.45, 7) is 4.49. The van der Waals surface area contributed by atoms with E-state index in [4.69, 9.17) is 10.5 Å². The molecule has 0 aliphatic rings. The van der Waals surface area contributed by atoms with Crippen LogP contribution in [0, 0.1) is 0 Å². The molecule has 0 spiro atoms. The predicted molar refractivity (Wildman–Crippen MR) is 65.9 cm³/mol. The number of amides is 1. The second kappa shape index (κ2) is 6.04. The number of nitrogens with zero attached hydrogens (tertiary/aromatic N) is 3. The third-order valence-electron chi connectivity index (χ3n) is 2.46. The number of anilines is 1. The summed E-state index contributed by atoms with van der Waals surface area (Å²) in [7, 11) is 1.70. The van der Waals surface area contributed by atoms with Gasteiger partial charge in [-0.15, -0.1) is 0 Å². The van der Waals surface area contributed by atoms with Gasteiger partial charge in [0.1, 0.15) is 6.54 Å². The number of nitrogen functional groups attached to an aromatic ring is 1. The molecule has 1 amide bonds. The van der Waals surface area contributed by atoms with Crippen molar-refractivity contribution in [3.05, 3.63) is 11.9 Å². The van der Waals surface area contributed by atoms with Crippen molar-refractivity contribution in [2.45, 2.75) is 20.4 Å². The molecule has 0 saturated heterocycles. The maximum atomic E-state index is 11.7. The highest BCUT2D eigenvalue weighted by Crippen LogP contribution is 2.10. The molecule has 7 nitrogen and oxygen atoms in total. The maximum absolute atomic E-state index is 11.7. The summed E-state index contributed by atoms with van der Waals surface area (Å²) < 4.78 is 6.15. The number of carbonyl (C=O) groups excluding carboxylic acids is 2. The lowest BCUT2D eigenvalue weighted by molar-refractivity contribution is -0.130. The average Bonchev–Trinajstić information content (AvgIpc) is 2.69. The normalized spacial score (nSPS) is 10.2. The molecule has 100 valence electrons. The van der Waals surface area contributed by atoms with E-state index in [2.05, 4.69) is 5.10 Å². The van der Waals surface area contributed by atoms with E-state index in [1.807, 2.05) is 6.92 Å². The molecule has 7 heteroatoms. The Bertz CT molecular complexity index is 441. The fraction of sp³-hybridized carbons (Fsp3) is 0.545. The second-order valence-electron chi connectivity index (χ2n) is 3.76. The van der Waals surface area contributed by atoms with E-state index in [0.29, 0.717) is 6.54 Å². The van der Waals surface area contributed by atoms with Crippen LogP contribution in [0.1, 0.15) is 24.3 Å². The van der Waals surface area contributed by atoms with Crippen molar-refractivity contribution in [3.63, 3.8) is 0 Å². The van der Waals surface area contributed by atoms with Crippen molar-refractivity contribution in [1.29, 1.82) is 0 Å². The minimum atomic E-state index is -0.579. The summed E-state index contributed by atoms with van der Waals surface area (Å²) in [6.07, 6.45) is 1.45. The Kier molecular flexibility index (Phi) is 4.70. The van der Waals surface area contributed by atoms with Crippen LogP contribution in [-0.2, 0) is 16.1 Å². The summed E-state index contributed by atoms with van der Waals surface area (Å²) in [5.74, 6) is -0.680. The first-order chi connectivity index (χ1) is 8.49. The van der Waals surface area contributed by atoms with Gasteiger partial charge >= 0.3 is 5.97 Å². The zero-order chi connectivity index (χ0) is 13.7. The molecule has 0 atom stereocenters. The summed E-state index contributed by atoms with van der Waals surface area (Å²) >= 11 is 0. The van der Waals surface area contributed by atoms with E-state index in [0.717, 1.165) is 0 Å². The van der Waals surface area contributed by atoms with Gasteiger partial charge in [-0.1, -0.05) is 0 Å². The smallest absolute Gasteiger partial charge is 0.361 e. The van der Waals surface area contributed by atoms with Crippen molar-refractivity contribution in [1.82, 2.24) is 14.7 Å². The van der Waals surface area contributed by atoms with Gasteiger partial charge in [0.2, 0.25) is 5.91 Å². The fourth-order valence-electron chi connectivity index (χ4n) is 1.31. The van der Waals surface area contributed by atoms with Crippen molar-refractivity contribution in [2.75, 3.05) is 25.9 Å². The first kappa shape index (κ1) is 14.0. The standard InChI is InChI=1S/C11H18N4O3/c1-4-14(3)9(16)7-15-6-8(12)10(13-15)11(17)18-5-2/h6H,4-5,7,12H2,1-3H3. The Hall–Kier alpha value is -2.05. The highest BCUT2D eigenvalue weighted by Gasteiger charge is 2.17. The molecule has 0 fully saturated rings. The van der Waals surface area contributed by atoms with Crippen LogP contribution >= 0.6 is 0 Å². The summed E-state index contributed by atoms with van der Waals surface area (Å²) in [5.41, 5.74) is 5.90. The molecule has 0 aliphatic heterocycles. The van der Waals surface area contributed by atoms with Gasteiger partial charge < -0.3 is 15.4 Å². The van der Waals surface area contributed by atoms with E-state index in [1.54, 1.807) is 18.9 Å². The molecule has 1 aromatic rings. The van der Waals surface area contributed by atoms with Gasteiger partial charge in [0.15, 0.2) is 5.69 Å². The number of nitrogens with two attached hydrogens (primary N) is 1. The zero-order valence-corrected chi connectivity index (χ0v) is 10.8. The molecular formula is C11H18N4O3. The first-order valence-electron chi connectivity index (χ1n) is 5.73. The van der Waals surface area contributed by atoms with Gasteiger partial charge in [0, 0.05) is 19.8 Å². The van der Waals surface area contributed by atoms with Crippen molar-refractivity contribution >= 4 is 17.6 Å². The lowest BCUT2D eigenvalue weighted by Gasteiger charge is -2.13. The highest BCUT2D eigenvalue weighted by atomic mass is 16.5. The highest BCUT2D eigenvalue weighted by molar-refractivity contribution is 5.92. The topological polar surface area (TPSA) is 90.4 Å². The lowest BCUT2D eigenvalue weighted by atomic mass is 10.4. The Morgan fingerprint density at radius 3 is 2.72 bits per heavy atom. The Balaban J connectivity index is 2.78. The van der Waals surface area contributed by atoms with Gasteiger partial charge in [-0.3, -0.25) is 9.48 Å². The molecule has 0 saturated carbocycles. The maximum Gasteiger partial charge on any atom is 0.361 e. The number of hydrogen-bond donors (Lipinski definition) is 1. The van der Waals surface area contributed by atoms with Gasteiger partial charge in [-0.2, -0.15) is 5.10 Å². The Morgan fingerprint density at radius 1 is 1.50 bits per heavy atom. The lowest BCUT2D eigenvalue weighted by Crippen LogP contribution is -2.30. The third kappa shape index (κ3) is 3.22. The molecule has 0 bridgehead atoms. The molecule has 1 aromatic heterocycles. The number of aromatic nitrogens is 2. The van der Waals surface area contributed by atoms with Crippen LogP contribution in [0.4, 0.5) is 5.69 Å². The minimum Gasteiger partial charge on any atom is -0.461 e. The minimum absolute atomic E-state index is 0.0452. The molecule has 1 heterocycles. The van der Waals surface area contributed by atoms with Crippen molar-refractivity contribution in [3.8, 4) is 0 Å². The average molecular weight is 254 g/mol. The van der Waals surface area contributed by atoms with Crippen molar-refractivity contribution in [2.24, 2.45) is 0 Å². The summed E-state index contributed by atoms with van der Waals surface area (Å²) in [6, 6.07) is 0. The molecule has 0 aliphatic carbocycles. The molecule has 2 N–H and O–H groups in total. The molecular weight excluding hydrogens is 236 g/mol. The molecule has 18 heavy (non-hydrogen) atoms. The van der Waals surface area contributed by atoms with Crippen LogP contribution in [0.15, 0.2) is 6.20 Å². The Labute approximate surface area is 105 Å². The van der Waals surface area contributed by atoms with Crippen LogP contribution in [-0.4, -0.2) is 46.8 Å². The van der Waals surface area contributed by atoms with Crippen molar-refractivity contribution < 1.29 is 14.3 Å². The van der Waals surface area contributed by atoms with E-state index in [9.17, 15) is 9.59 Å². The van der Waals surface area contributed by atoms with E-state index in [-0.39, 0.29) is 30.4 Å². The monoisotopic (exact) mass is 254 g/mol. The summed E-state index contributed by atoms with van der Waals surface area (Å²) in [5, 5.41) is 3.95. The number of rotatable bonds is 5. The Morgan fingerprint density at radius 2 is 2.17 bits per heavy atom. The largest absolute Gasteiger partial charge is 0.461 e. The molecule has 1 rings (SSSR count). The SMILES string of the molecule is CCOC(=O)c1nn(CC(=O)N(C)CC)cc1N. The number of esters is 1. The van der Waals surface area contributed by atoms with Gasteiger partial charge in [0.25, 0.3) is 0 Å². The van der Waals surface area contributed by atoms with Crippen LogP contribution in [0.2, 0.25) is 0 Å². The van der Waals surface area contributed by atoms with E-state index < -0.39 is 5.97 Å². The number of carbonyl (C=O) groups is 2.